The number of nitro groups is 1. The summed E-state index contributed by atoms with van der Waals surface area (Å²) in [5, 5.41) is 29.4. The van der Waals surface area contributed by atoms with Gasteiger partial charge in [0.25, 0.3) is 15.8 Å². The fourth-order valence-electron chi connectivity index (χ4n) is 2.55. The highest BCUT2D eigenvalue weighted by atomic mass is 32.2. The van der Waals surface area contributed by atoms with Gasteiger partial charge in [0.2, 0.25) is 0 Å². The average Bonchev–Trinajstić information content (AvgIpc) is 2.60. The van der Waals surface area contributed by atoms with Crippen LogP contribution in [0.5, 0.6) is 5.75 Å². The standard InChI is InChI=1S/C17H13N3O6S/c1-10-5-6-11(20(22)23)9-14(10)18-19-17-13-3-2-4-16(27(24,25)26)12(13)7-8-15(17)21/h2-9,21H,1H3,(H,24,25,26). The second-order valence-corrected chi connectivity index (χ2v) is 7.08. The van der Waals surface area contributed by atoms with Crippen molar-refractivity contribution in [2.24, 2.45) is 10.2 Å². The summed E-state index contributed by atoms with van der Waals surface area (Å²) in [5.74, 6) is -0.262. The lowest BCUT2D eigenvalue weighted by Crippen LogP contribution is -1.98. The first-order valence-corrected chi connectivity index (χ1v) is 9.01. The number of benzene rings is 3. The lowest BCUT2D eigenvalue weighted by atomic mass is 10.1. The van der Waals surface area contributed by atoms with Crippen LogP contribution in [0, 0.1) is 17.0 Å². The molecule has 0 heterocycles. The van der Waals surface area contributed by atoms with E-state index in [1.165, 1.54) is 48.5 Å². The molecule has 27 heavy (non-hydrogen) atoms. The number of nitro benzene ring substituents is 1. The summed E-state index contributed by atoms with van der Waals surface area (Å²) in [6.07, 6.45) is 0. The third-order valence-corrected chi connectivity index (χ3v) is 4.82. The summed E-state index contributed by atoms with van der Waals surface area (Å²) in [6, 6.07) is 10.8. The minimum absolute atomic E-state index is 0.0242. The van der Waals surface area contributed by atoms with E-state index in [1.54, 1.807) is 6.92 Å². The molecule has 0 radical (unpaired) electrons. The molecule has 0 saturated heterocycles. The summed E-state index contributed by atoms with van der Waals surface area (Å²) in [7, 11) is -4.48. The fourth-order valence-corrected chi connectivity index (χ4v) is 3.26. The van der Waals surface area contributed by atoms with Gasteiger partial charge in [-0.15, -0.1) is 10.2 Å². The van der Waals surface area contributed by atoms with E-state index < -0.39 is 15.0 Å². The predicted octanol–water partition coefficient (Wildman–Crippen LogP) is 4.42. The molecule has 0 aliphatic rings. The van der Waals surface area contributed by atoms with Crippen LogP contribution in [-0.2, 0) is 10.1 Å². The molecular formula is C17H13N3O6S. The second-order valence-electron chi connectivity index (χ2n) is 5.69. The number of nitrogens with zero attached hydrogens (tertiary/aromatic N) is 3. The molecule has 0 amide bonds. The summed E-state index contributed by atoms with van der Waals surface area (Å²) in [5.41, 5.74) is 0.670. The average molecular weight is 387 g/mol. The van der Waals surface area contributed by atoms with Gasteiger partial charge in [0.1, 0.15) is 16.3 Å². The molecule has 2 N–H and O–H groups in total. The summed E-state index contributed by atoms with van der Waals surface area (Å²) in [4.78, 5) is 10.0. The zero-order valence-corrected chi connectivity index (χ0v) is 14.7. The summed E-state index contributed by atoms with van der Waals surface area (Å²) in [6.45, 7) is 1.69. The van der Waals surface area contributed by atoms with Crippen molar-refractivity contribution in [2.45, 2.75) is 11.8 Å². The van der Waals surface area contributed by atoms with Crippen molar-refractivity contribution >= 4 is 38.0 Å². The van der Waals surface area contributed by atoms with Gasteiger partial charge in [-0.3, -0.25) is 14.7 Å². The van der Waals surface area contributed by atoms with Crippen LogP contribution in [0.15, 0.2) is 63.7 Å². The number of phenolic OH excluding ortho intramolecular Hbond substituents is 1. The van der Waals surface area contributed by atoms with Crippen molar-refractivity contribution in [3.63, 3.8) is 0 Å². The molecular weight excluding hydrogens is 374 g/mol. The number of hydrogen-bond donors (Lipinski definition) is 2. The van der Waals surface area contributed by atoms with Gasteiger partial charge < -0.3 is 5.11 Å². The molecule has 0 atom stereocenters. The van der Waals surface area contributed by atoms with Gasteiger partial charge in [0.15, 0.2) is 0 Å². The Morgan fingerprint density at radius 1 is 1.04 bits per heavy atom. The van der Waals surface area contributed by atoms with E-state index in [2.05, 4.69) is 10.2 Å². The highest BCUT2D eigenvalue weighted by Gasteiger charge is 2.17. The van der Waals surface area contributed by atoms with Crippen LogP contribution in [0.2, 0.25) is 0 Å². The maximum atomic E-state index is 11.5. The lowest BCUT2D eigenvalue weighted by molar-refractivity contribution is -0.384. The maximum Gasteiger partial charge on any atom is 0.295 e. The molecule has 3 aromatic carbocycles. The fraction of sp³-hybridized carbons (Fsp3) is 0.0588. The molecule has 0 saturated carbocycles. The molecule has 0 aliphatic carbocycles. The Morgan fingerprint density at radius 2 is 1.78 bits per heavy atom. The van der Waals surface area contributed by atoms with Crippen LogP contribution in [0.3, 0.4) is 0 Å². The van der Waals surface area contributed by atoms with E-state index in [0.717, 1.165) is 0 Å². The van der Waals surface area contributed by atoms with Gasteiger partial charge in [-0.05, 0) is 30.7 Å². The largest absolute Gasteiger partial charge is 0.506 e. The van der Waals surface area contributed by atoms with Crippen molar-refractivity contribution in [1.82, 2.24) is 0 Å². The number of aryl methyl sites for hydroxylation is 1. The third kappa shape index (κ3) is 3.61. The van der Waals surface area contributed by atoms with E-state index in [4.69, 9.17) is 0 Å². The Morgan fingerprint density at radius 3 is 2.44 bits per heavy atom. The molecule has 9 nitrogen and oxygen atoms in total. The maximum absolute atomic E-state index is 11.5. The van der Waals surface area contributed by atoms with E-state index in [0.29, 0.717) is 5.56 Å². The minimum Gasteiger partial charge on any atom is -0.506 e. The van der Waals surface area contributed by atoms with Gasteiger partial charge in [-0.2, -0.15) is 8.42 Å². The molecule has 0 aliphatic heterocycles. The molecule has 3 aromatic rings. The number of azo groups is 1. The predicted molar refractivity (Wildman–Crippen MR) is 97.4 cm³/mol. The van der Waals surface area contributed by atoms with E-state index in [-0.39, 0.29) is 38.5 Å². The van der Waals surface area contributed by atoms with Crippen molar-refractivity contribution in [1.29, 1.82) is 0 Å². The van der Waals surface area contributed by atoms with Gasteiger partial charge in [-0.1, -0.05) is 18.2 Å². The van der Waals surface area contributed by atoms with Gasteiger partial charge in [-0.25, -0.2) is 0 Å². The molecule has 0 unspecified atom stereocenters. The number of hydrogen-bond acceptors (Lipinski definition) is 7. The van der Waals surface area contributed by atoms with E-state index in [1.807, 2.05) is 0 Å². The van der Waals surface area contributed by atoms with Crippen LogP contribution in [0.4, 0.5) is 17.1 Å². The van der Waals surface area contributed by atoms with Crippen LogP contribution in [0.25, 0.3) is 10.8 Å². The molecule has 0 fully saturated rings. The first-order valence-electron chi connectivity index (χ1n) is 7.57. The molecule has 0 bridgehead atoms. The van der Waals surface area contributed by atoms with Crippen molar-refractivity contribution < 1.29 is 23.0 Å². The topological polar surface area (TPSA) is 142 Å². The smallest absolute Gasteiger partial charge is 0.295 e. The number of fused-ring (bicyclic) bond motifs is 1. The molecule has 0 aromatic heterocycles. The Labute approximate surface area is 153 Å². The zero-order chi connectivity index (χ0) is 19.8. The highest BCUT2D eigenvalue weighted by Crippen LogP contribution is 2.38. The number of phenols is 1. The molecule has 10 heteroatoms. The second kappa shape index (κ2) is 6.74. The Kier molecular flexibility index (Phi) is 4.60. The van der Waals surface area contributed by atoms with Crippen LogP contribution in [-0.4, -0.2) is 23.0 Å². The van der Waals surface area contributed by atoms with Crippen LogP contribution < -0.4 is 0 Å². The summed E-state index contributed by atoms with van der Waals surface area (Å²) >= 11 is 0. The quantitative estimate of drug-likeness (QED) is 0.293. The van der Waals surface area contributed by atoms with Crippen molar-refractivity contribution in [2.75, 3.05) is 0 Å². The molecule has 0 spiro atoms. The molecule has 3 rings (SSSR count). The first-order chi connectivity index (χ1) is 12.7. The zero-order valence-electron chi connectivity index (χ0n) is 13.9. The number of non-ortho nitro benzene ring substituents is 1. The monoisotopic (exact) mass is 387 g/mol. The van der Waals surface area contributed by atoms with Gasteiger partial charge in [0.05, 0.1) is 10.6 Å². The summed E-state index contributed by atoms with van der Waals surface area (Å²) < 4.78 is 32.5. The van der Waals surface area contributed by atoms with Gasteiger partial charge in [0, 0.05) is 22.9 Å². The Bertz CT molecular complexity index is 1200. The SMILES string of the molecule is Cc1ccc([N+](=O)[O-])cc1N=Nc1c(O)ccc2c(S(=O)(=O)O)cccc12. The van der Waals surface area contributed by atoms with E-state index in [9.17, 15) is 28.2 Å². The van der Waals surface area contributed by atoms with Crippen LogP contribution in [0.1, 0.15) is 5.56 Å². The normalized spacial score (nSPS) is 11.9. The van der Waals surface area contributed by atoms with E-state index >= 15 is 0 Å². The lowest BCUT2D eigenvalue weighted by Gasteiger charge is -2.07. The van der Waals surface area contributed by atoms with Crippen molar-refractivity contribution in [3.05, 3.63) is 64.2 Å². The third-order valence-electron chi connectivity index (χ3n) is 3.91. The minimum atomic E-state index is -4.48. The highest BCUT2D eigenvalue weighted by molar-refractivity contribution is 7.86. The Hall–Kier alpha value is -3.37. The van der Waals surface area contributed by atoms with Gasteiger partial charge >= 0.3 is 0 Å². The van der Waals surface area contributed by atoms with Crippen LogP contribution >= 0.6 is 0 Å². The number of rotatable bonds is 4. The number of aromatic hydroxyl groups is 1. The molecule has 138 valence electrons. The van der Waals surface area contributed by atoms with Crippen molar-refractivity contribution in [3.8, 4) is 5.75 Å². The Balaban J connectivity index is 2.18. The first kappa shape index (κ1) is 18.4.